The van der Waals surface area contributed by atoms with Gasteiger partial charge in [0.1, 0.15) is 0 Å². The summed E-state index contributed by atoms with van der Waals surface area (Å²) in [4.78, 5) is 10.4. The third-order valence-corrected chi connectivity index (χ3v) is 0.624. The van der Waals surface area contributed by atoms with E-state index in [2.05, 4.69) is 11.3 Å². The quantitative estimate of drug-likeness (QED) is 0.426. The fourth-order valence-electron chi connectivity index (χ4n) is 0.254. The van der Waals surface area contributed by atoms with Gasteiger partial charge in [0.25, 0.3) is 0 Å². The van der Waals surface area contributed by atoms with Crippen LogP contribution < -0.4 is 0 Å². The third kappa shape index (κ3) is 5.97. The third-order valence-electron chi connectivity index (χ3n) is 0.624. The summed E-state index contributed by atoms with van der Waals surface area (Å²) in [5.74, 6) is -0.312. The Labute approximate surface area is 74.4 Å². The molecule has 9 heavy (non-hydrogen) atoms. The molecular weight excluding hydrogens is 313 g/mol. The average molecular weight is 323 g/mol. The van der Waals surface area contributed by atoms with Crippen LogP contribution in [0.15, 0.2) is 12.2 Å². The summed E-state index contributed by atoms with van der Waals surface area (Å²) in [6.07, 6.45) is 0. The van der Waals surface area contributed by atoms with Crippen molar-refractivity contribution in [3.8, 4) is 0 Å². The van der Waals surface area contributed by atoms with Crippen molar-refractivity contribution in [3.63, 3.8) is 0 Å². The van der Waals surface area contributed by atoms with Crippen LogP contribution in [-0.4, -0.2) is 38.8 Å². The van der Waals surface area contributed by atoms with Crippen LogP contribution in [-0.2, 0) is 9.53 Å². The van der Waals surface area contributed by atoms with E-state index in [1.807, 2.05) is 0 Å². The van der Waals surface area contributed by atoms with E-state index in [1.54, 1.807) is 13.8 Å². The Morgan fingerprint density at radius 1 is 1.67 bits per heavy atom. The van der Waals surface area contributed by atoms with Crippen LogP contribution in [0.2, 0.25) is 0 Å². The standard InChI is InChI=1S/C6H10O2.Bi/c1-4-8-6(7)5(2)3;/h2,4H2,1,3H3;. The number of hydrogen-bond donors (Lipinski definition) is 0. The van der Waals surface area contributed by atoms with Crippen LogP contribution in [0.3, 0.4) is 0 Å². The molecule has 3 radical (unpaired) electrons. The van der Waals surface area contributed by atoms with Gasteiger partial charge in [-0.05, 0) is 13.8 Å². The first-order chi connectivity index (χ1) is 3.68. The topological polar surface area (TPSA) is 26.3 Å². The van der Waals surface area contributed by atoms with E-state index in [-0.39, 0.29) is 32.2 Å². The molecule has 3 heteroatoms. The largest absolute Gasteiger partial charge is 0.463 e. The Balaban J connectivity index is 0. The summed E-state index contributed by atoms with van der Waals surface area (Å²) in [7, 11) is 0. The number of esters is 1. The Morgan fingerprint density at radius 3 is 2.22 bits per heavy atom. The molecule has 0 aliphatic carbocycles. The van der Waals surface area contributed by atoms with Gasteiger partial charge in [-0.2, -0.15) is 0 Å². The number of hydrogen-bond acceptors (Lipinski definition) is 2. The van der Waals surface area contributed by atoms with Crippen LogP contribution in [0.25, 0.3) is 0 Å². The van der Waals surface area contributed by atoms with Gasteiger partial charge in [0.05, 0.1) is 6.61 Å². The first kappa shape index (κ1) is 11.8. The first-order valence-electron chi connectivity index (χ1n) is 2.51. The summed E-state index contributed by atoms with van der Waals surface area (Å²) in [5.41, 5.74) is 0.451. The fraction of sp³-hybridized carbons (Fsp3) is 0.500. The van der Waals surface area contributed by atoms with Crippen molar-refractivity contribution in [2.24, 2.45) is 0 Å². The molecule has 0 saturated carbocycles. The zero-order chi connectivity index (χ0) is 6.57. The molecule has 0 unspecified atom stereocenters. The number of ether oxygens (including phenoxy) is 1. The Hall–Kier alpha value is 0.0931. The average Bonchev–Trinajstić information content (AvgIpc) is 1.67. The first-order valence-corrected chi connectivity index (χ1v) is 2.51. The van der Waals surface area contributed by atoms with Crippen molar-refractivity contribution < 1.29 is 9.53 Å². The molecule has 0 spiro atoms. The fourth-order valence-corrected chi connectivity index (χ4v) is 0.254. The van der Waals surface area contributed by atoms with E-state index >= 15 is 0 Å². The summed E-state index contributed by atoms with van der Waals surface area (Å²) >= 11 is 0. The number of carbonyl (C=O) groups is 1. The zero-order valence-electron chi connectivity index (χ0n) is 5.68. The van der Waals surface area contributed by atoms with E-state index < -0.39 is 0 Å². The van der Waals surface area contributed by atoms with E-state index in [9.17, 15) is 4.79 Å². The molecule has 0 aromatic rings. The predicted octanol–water partition coefficient (Wildman–Crippen LogP) is 0.745. The van der Waals surface area contributed by atoms with Crippen molar-refractivity contribution in [1.29, 1.82) is 0 Å². The molecule has 0 atom stereocenters. The Kier molecular flexibility index (Phi) is 8.18. The molecule has 2 nitrogen and oxygen atoms in total. The second-order valence-electron chi connectivity index (χ2n) is 1.50. The molecule has 0 bridgehead atoms. The molecule has 0 rings (SSSR count). The van der Waals surface area contributed by atoms with Gasteiger partial charge in [-0.1, -0.05) is 6.58 Å². The molecule has 0 aromatic heterocycles. The molecule has 51 valence electrons. The predicted molar refractivity (Wildman–Crippen MR) is 37.2 cm³/mol. The molecule has 0 saturated heterocycles. The van der Waals surface area contributed by atoms with Crippen molar-refractivity contribution in [1.82, 2.24) is 0 Å². The minimum atomic E-state index is -0.312. The molecule has 0 fully saturated rings. The number of carbonyl (C=O) groups excluding carboxylic acids is 1. The van der Waals surface area contributed by atoms with Crippen LogP contribution in [0.4, 0.5) is 0 Å². The van der Waals surface area contributed by atoms with Crippen LogP contribution in [0.5, 0.6) is 0 Å². The molecule has 0 N–H and O–H groups in total. The second-order valence-corrected chi connectivity index (χ2v) is 1.50. The van der Waals surface area contributed by atoms with Gasteiger partial charge in [0.15, 0.2) is 0 Å². The van der Waals surface area contributed by atoms with Crippen molar-refractivity contribution >= 4 is 32.2 Å². The van der Waals surface area contributed by atoms with Gasteiger partial charge < -0.3 is 4.74 Å². The molecule has 0 aliphatic heterocycles. The van der Waals surface area contributed by atoms with E-state index in [1.165, 1.54) is 0 Å². The van der Waals surface area contributed by atoms with Gasteiger partial charge in [-0.3, -0.25) is 0 Å². The van der Waals surface area contributed by atoms with Gasteiger partial charge in [-0.15, -0.1) is 0 Å². The SMILES string of the molecule is C=C(C)C(=O)OCC.[Bi]. The minimum Gasteiger partial charge on any atom is -0.463 e. The van der Waals surface area contributed by atoms with Crippen LogP contribution in [0, 0.1) is 0 Å². The minimum absolute atomic E-state index is 0. The van der Waals surface area contributed by atoms with Crippen molar-refractivity contribution in [2.75, 3.05) is 6.61 Å². The second kappa shape index (κ2) is 6.22. The van der Waals surface area contributed by atoms with Crippen molar-refractivity contribution in [2.45, 2.75) is 13.8 Å². The van der Waals surface area contributed by atoms with E-state index in [0.717, 1.165) is 0 Å². The molecule has 0 amide bonds. The summed E-state index contributed by atoms with van der Waals surface area (Å²) < 4.78 is 4.56. The Bertz CT molecular complexity index is 110. The molecular formula is C6H10BiO2. The Morgan fingerprint density at radius 2 is 2.11 bits per heavy atom. The van der Waals surface area contributed by atoms with Crippen LogP contribution in [0.1, 0.15) is 13.8 Å². The molecule has 0 heterocycles. The maximum absolute atomic E-state index is 10.4. The monoisotopic (exact) mass is 323 g/mol. The summed E-state index contributed by atoms with van der Waals surface area (Å²) in [5, 5.41) is 0. The number of rotatable bonds is 2. The van der Waals surface area contributed by atoms with Gasteiger partial charge in [0.2, 0.25) is 0 Å². The molecule has 0 aliphatic rings. The normalized spacial score (nSPS) is 7.33. The van der Waals surface area contributed by atoms with Crippen molar-refractivity contribution in [3.05, 3.63) is 12.2 Å². The van der Waals surface area contributed by atoms with Gasteiger partial charge in [-0.25, -0.2) is 4.79 Å². The molecule has 0 aromatic carbocycles. The van der Waals surface area contributed by atoms with E-state index in [0.29, 0.717) is 12.2 Å². The van der Waals surface area contributed by atoms with Gasteiger partial charge in [0, 0.05) is 31.8 Å². The summed E-state index contributed by atoms with van der Waals surface area (Å²) in [6, 6.07) is 0. The maximum atomic E-state index is 10.4. The van der Waals surface area contributed by atoms with Crippen LogP contribution >= 0.6 is 0 Å². The smallest absolute Gasteiger partial charge is 0.333 e. The summed E-state index contributed by atoms with van der Waals surface area (Å²) in [6.45, 7) is 7.21. The van der Waals surface area contributed by atoms with Gasteiger partial charge >= 0.3 is 5.97 Å². The van der Waals surface area contributed by atoms with E-state index in [4.69, 9.17) is 0 Å². The zero-order valence-corrected chi connectivity index (χ0v) is 9.15. The maximum Gasteiger partial charge on any atom is 0.333 e.